The van der Waals surface area contributed by atoms with E-state index in [0.717, 1.165) is 0 Å². The second-order valence-electron chi connectivity index (χ2n) is 4.63. The number of carbonyl (C=O) groups excluding carboxylic acids is 1. The van der Waals surface area contributed by atoms with Crippen LogP contribution < -0.4 is 5.32 Å². The number of carbonyl (C=O) groups is 1. The van der Waals surface area contributed by atoms with Crippen molar-refractivity contribution in [2.45, 2.75) is 32.4 Å². The molecular formula is C11H16BrN3O3. The third-order valence-electron chi connectivity index (χ3n) is 1.88. The van der Waals surface area contributed by atoms with Crippen molar-refractivity contribution in [3.8, 4) is 0 Å². The van der Waals surface area contributed by atoms with Gasteiger partial charge in [0.15, 0.2) is 4.73 Å². The van der Waals surface area contributed by atoms with Crippen LogP contribution in [0.1, 0.15) is 32.5 Å². The Bertz CT molecular complexity index is 420. The first-order chi connectivity index (χ1) is 8.31. The number of aliphatic hydroxyl groups is 1. The van der Waals surface area contributed by atoms with Crippen LogP contribution in [0.3, 0.4) is 0 Å². The molecular weight excluding hydrogens is 302 g/mol. The van der Waals surface area contributed by atoms with Gasteiger partial charge in [-0.2, -0.15) is 0 Å². The van der Waals surface area contributed by atoms with Crippen LogP contribution in [0, 0.1) is 0 Å². The zero-order chi connectivity index (χ0) is 13.8. The predicted molar refractivity (Wildman–Crippen MR) is 68.9 cm³/mol. The van der Waals surface area contributed by atoms with Crippen molar-refractivity contribution in [1.29, 1.82) is 0 Å². The summed E-state index contributed by atoms with van der Waals surface area (Å²) in [6, 6.07) is 0.988. The molecule has 1 aromatic rings. The Hall–Kier alpha value is -1.21. The Morgan fingerprint density at radius 3 is 2.78 bits per heavy atom. The van der Waals surface area contributed by atoms with Crippen LogP contribution in [0.2, 0.25) is 0 Å². The number of nitrogens with one attached hydrogen (secondary N) is 1. The van der Waals surface area contributed by atoms with Crippen molar-refractivity contribution < 1.29 is 14.6 Å². The van der Waals surface area contributed by atoms with E-state index in [1.54, 1.807) is 26.8 Å². The minimum absolute atomic E-state index is 0.275. The molecule has 0 saturated heterocycles. The largest absolute Gasteiger partial charge is 0.444 e. The van der Waals surface area contributed by atoms with Gasteiger partial charge in [-0.1, -0.05) is 0 Å². The fourth-order valence-electron chi connectivity index (χ4n) is 1.20. The molecule has 1 aromatic heterocycles. The number of amides is 1. The van der Waals surface area contributed by atoms with Gasteiger partial charge in [-0.25, -0.2) is 14.8 Å². The molecule has 18 heavy (non-hydrogen) atoms. The SMILES string of the molecule is CC(C)(C)OC(=O)NC(CO)c1ccnc(Br)n1. The molecule has 0 aliphatic rings. The molecule has 1 rings (SSSR count). The van der Waals surface area contributed by atoms with Gasteiger partial charge < -0.3 is 15.2 Å². The second kappa shape index (κ2) is 6.10. The topological polar surface area (TPSA) is 84.3 Å². The summed E-state index contributed by atoms with van der Waals surface area (Å²) in [4.78, 5) is 19.5. The van der Waals surface area contributed by atoms with Crippen LogP contribution in [-0.2, 0) is 4.74 Å². The number of alkyl carbamates (subject to hydrolysis) is 1. The summed E-state index contributed by atoms with van der Waals surface area (Å²) in [6.07, 6.45) is 0.933. The zero-order valence-corrected chi connectivity index (χ0v) is 12.1. The fraction of sp³-hybridized carbons (Fsp3) is 0.545. The Labute approximate surface area is 114 Å². The smallest absolute Gasteiger partial charge is 0.408 e. The number of ether oxygens (including phenoxy) is 1. The van der Waals surface area contributed by atoms with E-state index >= 15 is 0 Å². The van der Waals surface area contributed by atoms with E-state index in [2.05, 4.69) is 31.2 Å². The highest BCUT2D eigenvalue weighted by Crippen LogP contribution is 2.13. The Balaban J connectivity index is 2.71. The summed E-state index contributed by atoms with van der Waals surface area (Å²) in [5.41, 5.74) is -0.0821. The van der Waals surface area contributed by atoms with Crippen molar-refractivity contribution in [2.24, 2.45) is 0 Å². The number of hydrogen-bond donors (Lipinski definition) is 2. The zero-order valence-electron chi connectivity index (χ0n) is 10.5. The summed E-state index contributed by atoms with van der Waals surface area (Å²) in [6.45, 7) is 5.02. The lowest BCUT2D eigenvalue weighted by atomic mass is 10.2. The molecule has 1 unspecified atom stereocenters. The maximum atomic E-state index is 11.6. The first kappa shape index (κ1) is 14.8. The van der Waals surface area contributed by atoms with Gasteiger partial charge in [0.05, 0.1) is 18.3 Å². The molecule has 1 atom stereocenters. The normalized spacial score (nSPS) is 12.9. The lowest BCUT2D eigenvalue weighted by Crippen LogP contribution is -2.36. The molecule has 7 heteroatoms. The third-order valence-corrected chi connectivity index (χ3v) is 2.26. The summed E-state index contributed by atoms with van der Waals surface area (Å²) in [5, 5.41) is 11.8. The van der Waals surface area contributed by atoms with Crippen LogP contribution in [-0.4, -0.2) is 33.4 Å². The average Bonchev–Trinajstić information content (AvgIpc) is 2.23. The van der Waals surface area contributed by atoms with Gasteiger partial charge in [0, 0.05) is 6.20 Å². The van der Waals surface area contributed by atoms with Crippen LogP contribution in [0.25, 0.3) is 0 Å². The van der Waals surface area contributed by atoms with E-state index in [-0.39, 0.29) is 6.61 Å². The van der Waals surface area contributed by atoms with Crippen molar-refractivity contribution in [1.82, 2.24) is 15.3 Å². The molecule has 0 spiro atoms. The molecule has 0 bridgehead atoms. The maximum Gasteiger partial charge on any atom is 0.408 e. The van der Waals surface area contributed by atoms with Gasteiger partial charge in [-0.05, 0) is 42.8 Å². The van der Waals surface area contributed by atoms with E-state index < -0.39 is 17.7 Å². The first-order valence-electron chi connectivity index (χ1n) is 5.40. The molecule has 6 nitrogen and oxygen atoms in total. The second-order valence-corrected chi connectivity index (χ2v) is 5.34. The fourth-order valence-corrected chi connectivity index (χ4v) is 1.53. The number of aromatic nitrogens is 2. The van der Waals surface area contributed by atoms with Crippen LogP contribution in [0.4, 0.5) is 4.79 Å². The summed E-state index contributed by atoms with van der Waals surface area (Å²) in [5.74, 6) is 0. The molecule has 100 valence electrons. The van der Waals surface area contributed by atoms with Crippen molar-refractivity contribution in [3.05, 3.63) is 22.7 Å². The highest BCUT2D eigenvalue weighted by Gasteiger charge is 2.20. The summed E-state index contributed by atoms with van der Waals surface area (Å²) >= 11 is 3.13. The standard InChI is InChI=1S/C11H16BrN3O3/c1-11(2,3)18-10(17)15-8(6-16)7-4-5-13-9(12)14-7/h4-5,8,16H,6H2,1-3H3,(H,15,17). The van der Waals surface area contributed by atoms with E-state index in [1.807, 2.05) is 0 Å². The lowest BCUT2D eigenvalue weighted by Gasteiger charge is -2.22. The molecule has 0 radical (unpaired) electrons. The molecule has 1 heterocycles. The van der Waals surface area contributed by atoms with Gasteiger partial charge in [0.2, 0.25) is 0 Å². The van der Waals surface area contributed by atoms with E-state index in [9.17, 15) is 9.90 Å². The number of rotatable bonds is 3. The van der Waals surface area contributed by atoms with Gasteiger partial charge in [-0.3, -0.25) is 0 Å². The van der Waals surface area contributed by atoms with Gasteiger partial charge >= 0.3 is 6.09 Å². The average molecular weight is 318 g/mol. The molecule has 0 fully saturated rings. The number of nitrogens with zero attached hydrogens (tertiary/aromatic N) is 2. The Morgan fingerprint density at radius 1 is 1.61 bits per heavy atom. The monoisotopic (exact) mass is 317 g/mol. The molecule has 0 aliphatic heterocycles. The predicted octanol–water partition coefficient (Wildman–Crippen LogP) is 1.80. The quantitative estimate of drug-likeness (QED) is 0.830. The van der Waals surface area contributed by atoms with Crippen LogP contribution >= 0.6 is 15.9 Å². The van der Waals surface area contributed by atoms with Crippen molar-refractivity contribution >= 4 is 22.0 Å². The number of halogens is 1. The number of aliphatic hydroxyl groups excluding tert-OH is 1. The van der Waals surface area contributed by atoms with Crippen LogP contribution in [0.15, 0.2) is 17.0 Å². The van der Waals surface area contributed by atoms with Crippen LogP contribution in [0.5, 0.6) is 0 Å². The van der Waals surface area contributed by atoms with Crippen molar-refractivity contribution in [2.75, 3.05) is 6.61 Å². The lowest BCUT2D eigenvalue weighted by molar-refractivity contribution is 0.0480. The molecule has 2 N–H and O–H groups in total. The minimum Gasteiger partial charge on any atom is -0.444 e. The highest BCUT2D eigenvalue weighted by atomic mass is 79.9. The Kier molecular flexibility index (Phi) is 5.03. The van der Waals surface area contributed by atoms with Gasteiger partial charge in [0.25, 0.3) is 0 Å². The van der Waals surface area contributed by atoms with E-state index in [4.69, 9.17) is 4.74 Å². The van der Waals surface area contributed by atoms with Gasteiger partial charge in [-0.15, -0.1) is 0 Å². The first-order valence-corrected chi connectivity index (χ1v) is 6.20. The molecule has 0 aliphatic carbocycles. The molecule has 0 saturated carbocycles. The third kappa shape index (κ3) is 4.97. The molecule has 0 aromatic carbocycles. The van der Waals surface area contributed by atoms with Gasteiger partial charge in [0.1, 0.15) is 5.60 Å². The summed E-state index contributed by atoms with van der Waals surface area (Å²) < 4.78 is 5.50. The van der Waals surface area contributed by atoms with E-state index in [1.165, 1.54) is 6.20 Å². The van der Waals surface area contributed by atoms with E-state index in [0.29, 0.717) is 10.4 Å². The molecule has 1 amide bonds. The minimum atomic E-state index is -0.626. The van der Waals surface area contributed by atoms with Crippen molar-refractivity contribution in [3.63, 3.8) is 0 Å². The maximum absolute atomic E-state index is 11.6. The highest BCUT2D eigenvalue weighted by molar-refractivity contribution is 9.10. The Morgan fingerprint density at radius 2 is 2.28 bits per heavy atom. The summed E-state index contributed by atoms with van der Waals surface area (Å²) in [7, 11) is 0. The number of hydrogen-bond acceptors (Lipinski definition) is 5.